The van der Waals surface area contributed by atoms with E-state index in [2.05, 4.69) is 10.6 Å². The van der Waals surface area contributed by atoms with Crippen LogP contribution in [-0.4, -0.2) is 38.3 Å². The highest BCUT2D eigenvalue weighted by molar-refractivity contribution is 5.77. The highest BCUT2D eigenvalue weighted by atomic mass is 16.5. The molecule has 4 heteroatoms. The summed E-state index contributed by atoms with van der Waals surface area (Å²) >= 11 is 0. The maximum Gasteiger partial charge on any atom is 0.246 e. The summed E-state index contributed by atoms with van der Waals surface area (Å²) in [6.45, 7) is 4.43. The molecule has 0 aliphatic carbocycles. The molecule has 0 atom stereocenters. The Bertz CT molecular complexity index is 134. The van der Waals surface area contributed by atoms with Gasteiger partial charge in [0.05, 0.1) is 6.04 Å². The van der Waals surface area contributed by atoms with E-state index >= 15 is 0 Å². The van der Waals surface area contributed by atoms with Crippen LogP contribution in [0.4, 0.5) is 0 Å². The fourth-order valence-electron chi connectivity index (χ4n) is 0.855. The Labute approximate surface area is 66.3 Å². The summed E-state index contributed by atoms with van der Waals surface area (Å²) in [4.78, 5) is 10.9. The Morgan fingerprint density at radius 2 is 2.45 bits per heavy atom. The number of rotatable bonds is 4. The molecule has 64 valence electrons. The minimum atomic E-state index is -0.0154. The summed E-state index contributed by atoms with van der Waals surface area (Å²) < 4.78 is 4.93. The van der Waals surface area contributed by atoms with E-state index in [4.69, 9.17) is 4.74 Å². The van der Waals surface area contributed by atoms with E-state index in [1.807, 2.05) is 6.92 Å². The van der Waals surface area contributed by atoms with Gasteiger partial charge >= 0.3 is 0 Å². The molecule has 0 bridgehead atoms. The molecule has 0 spiro atoms. The van der Waals surface area contributed by atoms with Crippen LogP contribution in [0.5, 0.6) is 0 Å². The predicted molar refractivity (Wildman–Crippen MR) is 41.3 cm³/mol. The third kappa shape index (κ3) is 2.86. The highest BCUT2D eigenvalue weighted by Gasteiger charge is 2.17. The van der Waals surface area contributed by atoms with Crippen molar-refractivity contribution in [2.24, 2.45) is 0 Å². The van der Waals surface area contributed by atoms with Crippen LogP contribution in [0.1, 0.15) is 6.92 Å². The number of hydrogen-bond donors (Lipinski definition) is 2. The molecule has 1 heterocycles. The van der Waals surface area contributed by atoms with E-state index < -0.39 is 0 Å². The molecule has 0 aromatic heterocycles. The summed E-state index contributed by atoms with van der Waals surface area (Å²) in [5, 5.41) is 5.89. The van der Waals surface area contributed by atoms with Gasteiger partial charge in [0.1, 0.15) is 6.61 Å². The second kappa shape index (κ2) is 4.31. The number of carbonyl (C=O) groups excluding carboxylic acids is 1. The predicted octanol–water partition coefficient (Wildman–Crippen LogP) is -0.889. The second-order valence-electron chi connectivity index (χ2n) is 2.56. The van der Waals surface area contributed by atoms with Crippen molar-refractivity contribution in [3.05, 3.63) is 0 Å². The van der Waals surface area contributed by atoms with Crippen LogP contribution in [0.3, 0.4) is 0 Å². The molecule has 0 radical (unpaired) electrons. The average molecular weight is 158 g/mol. The number of ether oxygens (including phenoxy) is 1. The van der Waals surface area contributed by atoms with Crippen molar-refractivity contribution in [3.8, 4) is 0 Å². The number of amides is 1. The lowest BCUT2D eigenvalue weighted by atomic mass is 10.2. The van der Waals surface area contributed by atoms with Gasteiger partial charge in [-0.3, -0.25) is 4.79 Å². The molecule has 0 unspecified atom stereocenters. The van der Waals surface area contributed by atoms with Crippen molar-refractivity contribution >= 4 is 5.91 Å². The Balaban J connectivity index is 2.00. The average Bonchev–Trinajstić information content (AvgIpc) is 1.93. The smallest absolute Gasteiger partial charge is 0.246 e. The minimum absolute atomic E-state index is 0.0154. The van der Waals surface area contributed by atoms with Gasteiger partial charge in [0.15, 0.2) is 0 Å². The van der Waals surface area contributed by atoms with Gasteiger partial charge in [0.25, 0.3) is 0 Å². The lowest BCUT2D eigenvalue weighted by Crippen LogP contribution is -2.57. The summed E-state index contributed by atoms with van der Waals surface area (Å²) in [6.07, 6.45) is 0. The van der Waals surface area contributed by atoms with Crippen LogP contribution in [0.15, 0.2) is 0 Å². The quantitative estimate of drug-likeness (QED) is 0.558. The SMILES string of the molecule is CCOCC(=O)NC1CNC1. The van der Waals surface area contributed by atoms with E-state index in [1.54, 1.807) is 0 Å². The van der Waals surface area contributed by atoms with Crippen molar-refractivity contribution in [3.63, 3.8) is 0 Å². The van der Waals surface area contributed by atoms with Crippen LogP contribution < -0.4 is 10.6 Å². The lowest BCUT2D eigenvalue weighted by molar-refractivity contribution is -0.126. The molecule has 11 heavy (non-hydrogen) atoms. The zero-order valence-electron chi connectivity index (χ0n) is 6.72. The summed E-state index contributed by atoms with van der Waals surface area (Å²) in [6, 6.07) is 0.322. The first-order valence-electron chi connectivity index (χ1n) is 3.90. The molecular weight excluding hydrogens is 144 g/mol. The number of carbonyl (C=O) groups is 1. The highest BCUT2D eigenvalue weighted by Crippen LogP contribution is 1.89. The maximum absolute atomic E-state index is 10.9. The van der Waals surface area contributed by atoms with Gasteiger partial charge in [-0.2, -0.15) is 0 Å². The van der Waals surface area contributed by atoms with E-state index in [9.17, 15) is 4.79 Å². The molecule has 1 rings (SSSR count). The van der Waals surface area contributed by atoms with Crippen LogP contribution in [0, 0.1) is 0 Å². The van der Waals surface area contributed by atoms with Crippen LogP contribution in [0.2, 0.25) is 0 Å². The number of hydrogen-bond acceptors (Lipinski definition) is 3. The zero-order valence-corrected chi connectivity index (χ0v) is 6.72. The Hall–Kier alpha value is -0.610. The van der Waals surface area contributed by atoms with E-state index in [1.165, 1.54) is 0 Å². The third-order valence-corrected chi connectivity index (χ3v) is 1.58. The molecular formula is C7H14N2O2. The van der Waals surface area contributed by atoms with Crippen molar-refractivity contribution in [2.75, 3.05) is 26.3 Å². The van der Waals surface area contributed by atoms with Gasteiger partial charge in [0, 0.05) is 19.7 Å². The Morgan fingerprint density at radius 1 is 1.73 bits per heavy atom. The first-order valence-corrected chi connectivity index (χ1v) is 3.90. The molecule has 1 amide bonds. The number of nitrogens with one attached hydrogen (secondary N) is 2. The first-order chi connectivity index (χ1) is 5.33. The van der Waals surface area contributed by atoms with E-state index in [0.717, 1.165) is 13.1 Å². The molecule has 0 saturated carbocycles. The first kappa shape index (κ1) is 8.49. The Morgan fingerprint density at radius 3 is 2.91 bits per heavy atom. The normalized spacial score (nSPS) is 17.5. The zero-order chi connectivity index (χ0) is 8.10. The topological polar surface area (TPSA) is 50.4 Å². The molecule has 4 nitrogen and oxygen atoms in total. The second-order valence-corrected chi connectivity index (χ2v) is 2.56. The summed E-state index contributed by atoms with van der Waals surface area (Å²) in [5.74, 6) is -0.0154. The largest absolute Gasteiger partial charge is 0.372 e. The van der Waals surface area contributed by atoms with Gasteiger partial charge in [0.2, 0.25) is 5.91 Å². The molecule has 2 N–H and O–H groups in total. The molecule has 1 aliphatic heterocycles. The third-order valence-electron chi connectivity index (χ3n) is 1.58. The fourth-order valence-corrected chi connectivity index (χ4v) is 0.855. The minimum Gasteiger partial charge on any atom is -0.372 e. The van der Waals surface area contributed by atoms with Crippen molar-refractivity contribution in [2.45, 2.75) is 13.0 Å². The molecule has 0 aromatic rings. The lowest BCUT2D eigenvalue weighted by Gasteiger charge is -2.27. The maximum atomic E-state index is 10.9. The van der Waals surface area contributed by atoms with Gasteiger partial charge in [-0.1, -0.05) is 0 Å². The van der Waals surface area contributed by atoms with Gasteiger partial charge in [-0.15, -0.1) is 0 Å². The van der Waals surface area contributed by atoms with Crippen LogP contribution in [0.25, 0.3) is 0 Å². The van der Waals surface area contributed by atoms with E-state index in [-0.39, 0.29) is 12.5 Å². The van der Waals surface area contributed by atoms with Gasteiger partial charge < -0.3 is 15.4 Å². The molecule has 0 aromatic carbocycles. The monoisotopic (exact) mass is 158 g/mol. The molecule has 1 aliphatic rings. The van der Waals surface area contributed by atoms with Crippen molar-refractivity contribution in [1.82, 2.24) is 10.6 Å². The standard InChI is InChI=1S/C7H14N2O2/c1-2-11-5-7(10)9-6-3-8-4-6/h6,8H,2-5H2,1H3,(H,9,10). The van der Waals surface area contributed by atoms with Crippen molar-refractivity contribution < 1.29 is 9.53 Å². The van der Waals surface area contributed by atoms with Crippen molar-refractivity contribution in [1.29, 1.82) is 0 Å². The summed E-state index contributed by atoms with van der Waals surface area (Å²) in [5.41, 5.74) is 0. The van der Waals surface area contributed by atoms with E-state index in [0.29, 0.717) is 12.6 Å². The Kier molecular flexibility index (Phi) is 3.32. The fraction of sp³-hybridized carbons (Fsp3) is 0.857. The molecule has 1 fully saturated rings. The van der Waals surface area contributed by atoms with Gasteiger partial charge in [-0.05, 0) is 6.92 Å². The van der Waals surface area contributed by atoms with Gasteiger partial charge in [-0.25, -0.2) is 0 Å². The van der Waals surface area contributed by atoms with Crippen LogP contribution in [-0.2, 0) is 9.53 Å². The summed E-state index contributed by atoms with van der Waals surface area (Å²) in [7, 11) is 0. The van der Waals surface area contributed by atoms with Crippen LogP contribution >= 0.6 is 0 Å². The molecule has 1 saturated heterocycles.